The predicted molar refractivity (Wildman–Crippen MR) is 138 cm³/mol. The average molecular weight is 488 g/mol. The molecule has 0 bridgehead atoms. The van der Waals surface area contributed by atoms with Gasteiger partial charge in [0.1, 0.15) is 5.82 Å². The highest BCUT2D eigenvalue weighted by molar-refractivity contribution is 8.00. The standard InChI is InChI=1S/C27H26FN5OS/c1-19-16-21(7-8-24(19)31-35-25-6-2-4-20-5-3-10-30-26(20)25)27(34)33-14-12-32(13-15-33)18-22-9-11-29-17-23(22)28/h2-11,16-17,31H,12-15,18H2,1H3. The van der Waals surface area contributed by atoms with E-state index in [-0.39, 0.29) is 11.7 Å². The third-order valence-corrected chi connectivity index (χ3v) is 7.12. The molecule has 0 radical (unpaired) electrons. The number of hydrogen-bond acceptors (Lipinski definition) is 6. The SMILES string of the molecule is Cc1cc(C(=O)N2CCN(Cc3ccncc3F)CC2)ccc1NSc1cccc2cccnc12. The summed E-state index contributed by atoms with van der Waals surface area (Å²) in [5.74, 6) is -0.259. The lowest BCUT2D eigenvalue weighted by Crippen LogP contribution is -2.48. The highest BCUT2D eigenvalue weighted by Gasteiger charge is 2.23. The van der Waals surface area contributed by atoms with Crippen molar-refractivity contribution in [1.29, 1.82) is 0 Å². The molecule has 1 N–H and O–H groups in total. The lowest BCUT2D eigenvalue weighted by atomic mass is 10.1. The Morgan fingerprint density at radius 1 is 1.06 bits per heavy atom. The smallest absolute Gasteiger partial charge is 0.253 e. The summed E-state index contributed by atoms with van der Waals surface area (Å²) in [5.41, 5.74) is 4.24. The van der Waals surface area contributed by atoms with Gasteiger partial charge in [0, 0.05) is 67.3 Å². The zero-order valence-electron chi connectivity index (χ0n) is 19.4. The predicted octanol–water partition coefficient (Wildman–Crippen LogP) is 5.15. The maximum atomic E-state index is 13.9. The van der Waals surface area contributed by atoms with Crippen LogP contribution in [0.15, 0.2) is 78.1 Å². The number of benzene rings is 2. The molecule has 3 heterocycles. The lowest BCUT2D eigenvalue weighted by Gasteiger charge is -2.35. The van der Waals surface area contributed by atoms with E-state index in [1.165, 1.54) is 18.1 Å². The summed E-state index contributed by atoms with van der Waals surface area (Å²) in [7, 11) is 0. The Balaban J connectivity index is 1.19. The van der Waals surface area contributed by atoms with E-state index in [4.69, 9.17) is 0 Å². The van der Waals surface area contributed by atoms with E-state index in [2.05, 4.69) is 31.7 Å². The molecule has 8 heteroatoms. The third kappa shape index (κ3) is 5.28. The van der Waals surface area contributed by atoms with Gasteiger partial charge in [0.25, 0.3) is 5.91 Å². The number of aryl methyl sites for hydroxylation is 1. The van der Waals surface area contributed by atoms with E-state index in [1.807, 2.05) is 48.2 Å². The van der Waals surface area contributed by atoms with Gasteiger partial charge in [0.05, 0.1) is 16.6 Å². The van der Waals surface area contributed by atoms with Gasteiger partial charge in [-0.15, -0.1) is 0 Å². The number of amides is 1. The van der Waals surface area contributed by atoms with Crippen LogP contribution in [0.1, 0.15) is 21.5 Å². The number of piperazine rings is 1. The number of nitrogens with one attached hydrogen (secondary N) is 1. The number of halogens is 1. The quantitative estimate of drug-likeness (QED) is 0.380. The number of carbonyl (C=O) groups excluding carboxylic acids is 1. The van der Waals surface area contributed by atoms with Crippen LogP contribution < -0.4 is 4.72 Å². The van der Waals surface area contributed by atoms with Gasteiger partial charge in [0.15, 0.2) is 0 Å². The first-order valence-electron chi connectivity index (χ1n) is 11.6. The summed E-state index contributed by atoms with van der Waals surface area (Å²) in [5, 5.41) is 1.10. The summed E-state index contributed by atoms with van der Waals surface area (Å²) >= 11 is 1.52. The Morgan fingerprint density at radius 2 is 1.89 bits per heavy atom. The van der Waals surface area contributed by atoms with Crippen molar-refractivity contribution < 1.29 is 9.18 Å². The molecule has 0 atom stereocenters. The molecule has 1 amide bonds. The number of hydrogen-bond donors (Lipinski definition) is 1. The summed E-state index contributed by atoms with van der Waals surface area (Å²) in [6.45, 7) is 5.19. The van der Waals surface area contributed by atoms with Crippen molar-refractivity contribution in [3.8, 4) is 0 Å². The number of aromatic nitrogens is 2. The highest BCUT2D eigenvalue weighted by atomic mass is 32.2. The molecule has 4 aromatic rings. The third-order valence-electron chi connectivity index (χ3n) is 6.25. The Morgan fingerprint density at radius 3 is 2.69 bits per heavy atom. The molecule has 0 unspecified atom stereocenters. The molecule has 6 nitrogen and oxygen atoms in total. The van der Waals surface area contributed by atoms with Crippen LogP contribution in [0.5, 0.6) is 0 Å². The van der Waals surface area contributed by atoms with Crippen molar-refractivity contribution in [1.82, 2.24) is 19.8 Å². The minimum atomic E-state index is -0.287. The maximum Gasteiger partial charge on any atom is 0.253 e. The summed E-state index contributed by atoms with van der Waals surface area (Å²) < 4.78 is 17.3. The first kappa shape index (κ1) is 23.3. The van der Waals surface area contributed by atoms with E-state index in [9.17, 15) is 9.18 Å². The van der Waals surface area contributed by atoms with Crippen LogP contribution in [-0.2, 0) is 6.54 Å². The van der Waals surface area contributed by atoms with Gasteiger partial charge in [0.2, 0.25) is 0 Å². The van der Waals surface area contributed by atoms with Crippen LogP contribution >= 0.6 is 11.9 Å². The minimum Gasteiger partial charge on any atom is -0.336 e. The molecule has 5 rings (SSSR count). The lowest BCUT2D eigenvalue weighted by molar-refractivity contribution is 0.0627. The van der Waals surface area contributed by atoms with E-state index >= 15 is 0 Å². The van der Waals surface area contributed by atoms with Crippen LogP contribution in [-0.4, -0.2) is 51.9 Å². The van der Waals surface area contributed by atoms with Crippen molar-refractivity contribution in [2.24, 2.45) is 0 Å². The molecule has 0 saturated carbocycles. The highest BCUT2D eigenvalue weighted by Crippen LogP contribution is 2.29. The number of pyridine rings is 2. The fraction of sp³-hybridized carbons (Fsp3) is 0.222. The van der Waals surface area contributed by atoms with Gasteiger partial charge in [-0.25, -0.2) is 4.39 Å². The van der Waals surface area contributed by atoms with E-state index in [1.54, 1.807) is 18.5 Å². The Kier molecular flexibility index (Phi) is 6.92. The second-order valence-electron chi connectivity index (χ2n) is 8.60. The van der Waals surface area contributed by atoms with E-state index < -0.39 is 0 Å². The molecular weight excluding hydrogens is 461 g/mol. The van der Waals surface area contributed by atoms with Gasteiger partial charge < -0.3 is 9.62 Å². The normalized spacial score (nSPS) is 14.3. The first-order valence-corrected chi connectivity index (χ1v) is 12.4. The summed E-state index contributed by atoms with van der Waals surface area (Å²) in [4.78, 5) is 26.5. The summed E-state index contributed by atoms with van der Waals surface area (Å²) in [6.07, 6.45) is 4.65. The fourth-order valence-corrected chi connectivity index (χ4v) is 5.11. The zero-order valence-corrected chi connectivity index (χ0v) is 20.3. The Labute approximate surface area is 208 Å². The molecule has 0 spiro atoms. The van der Waals surface area contributed by atoms with Crippen LogP contribution in [0.3, 0.4) is 0 Å². The van der Waals surface area contributed by atoms with Crippen LogP contribution in [0.4, 0.5) is 10.1 Å². The molecule has 0 aliphatic carbocycles. The van der Waals surface area contributed by atoms with Crippen molar-refractivity contribution >= 4 is 34.4 Å². The van der Waals surface area contributed by atoms with Gasteiger partial charge in [-0.1, -0.05) is 18.2 Å². The molecule has 1 fully saturated rings. The van der Waals surface area contributed by atoms with Gasteiger partial charge in [-0.3, -0.25) is 19.7 Å². The topological polar surface area (TPSA) is 61.4 Å². The molecular formula is C27H26FN5OS. The van der Waals surface area contributed by atoms with Crippen molar-refractivity contribution in [3.63, 3.8) is 0 Å². The number of carbonyl (C=O) groups is 1. The van der Waals surface area contributed by atoms with Crippen molar-refractivity contribution in [2.45, 2.75) is 18.4 Å². The van der Waals surface area contributed by atoms with Gasteiger partial charge in [-0.2, -0.15) is 0 Å². The molecule has 1 aliphatic heterocycles. The van der Waals surface area contributed by atoms with Crippen LogP contribution in [0, 0.1) is 12.7 Å². The number of para-hydroxylation sites is 1. The average Bonchev–Trinajstić information content (AvgIpc) is 2.89. The maximum absolute atomic E-state index is 13.9. The van der Waals surface area contributed by atoms with Crippen LogP contribution in [0.25, 0.3) is 10.9 Å². The van der Waals surface area contributed by atoms with Crippen LogP contribution in [0.2, 0.25) is 0 Å². The monoisotopic (exact) mass is 487 g/mol. The second-order valence-corrected chi connectivity index (χ2v) is 9.45. The molecule has 178 valence electrons. The summed E-state index contributed by atoms with van der Waals surface area (Å²) in [6, 6.07) is 17.6. The molecule has 35 heavy (non-hydrogen) atoms. The van der Waals surface area contributed by atoms with Crippen molar-refractivity contribution in [2.75, 3.05) is 30.9 Å². The first-order chi connectivity index (χ1) is 17.1. The van der Waals surface area contributed by atoms with Crippen molar-refractivity contribution in [3.05, 3.63) is 95.7 Å². The van der Waals surface area contributed by atoms with E-state index in [0.717, 1.165) is 27.0 Å². The van der Waals surface area contributed by atoms with Gasteiger partial charge >= 0.3 is 0 Å². The zero-order chi connectivity index (χ0) is 24.2. The minimum absolute atomic E-state index is 0.0281. The number of nitrogens with zero attached hydrogens (tertiary/aromatic N) is 4. The Bertz CT molecular complexity index is 1350. The molecule has 2 aromatic carbocycles. The number of anilines is 1. The van der Waals surface area contributed by atoms with Gasteiger partial charge in [-0.05, 0) is 60.8 Å². The largest absolute Gasteiger partial charge is 0.336 e. The second kappa shape index (κ2) is 10.4. The number of fused-ring (bicyclic) bond motifs is 1. The molecule has 2 aromatic heterocycles. The van der Waals surface area contributed by atoms with E-state index in [0.29, 0.717) is 43.9 Å². The molecule has 1 aliphatic rings. The fourth-order valence-electron chi connectivity index (χ4n) is 4.24. The molecule has 1 saturated heterocycles. The number of rotatable bonds is 6. The Hall–Kier alpha value is -3.49.